The SMILES string of the molecule is Cc1cc(C)n(C(CN)C2CCCCC2)n1. The Kier molecular flexibility index (Phi) is 3.64. The maximum atomic E-state index is 5.95. The topological polar surface area (TPSA) is 43.8 Å². The molecule has 3 heteroatoms. The number of aryl methyl sites for hydroxylation is 2. The van der Waals surface area contributed by atoms with Crippen LogP contribution >= 0.6 is 0 Å². The number of nitrogens with zero attached hydrogens (tertiary/aromatic N) is 2. The molecule has 3 nitrogen and oxygen atoms in total. The molecule has 1 aromatic rings. The van der Waals surface area contributed by atoms with E-state index in [1.807, 2.05) is 0 Å². The number of rotatable bonds is 3. The molecule has 16 heavy (non-hydrogen) atoms. The average molecular weight is 221 g/mol. The molecule has 0 spiro atoms. The minimum atomic E-state index is 0.411. The standard InChI is InChI=1S/C13H23N3/c1-10-8-11(2)16(15-10)13(9-14)12-6-4-3-5-7-12/h8,12-13H,3-7,9,14H2,1-2H3. The van der Waals surface area contributed by atoms with Gasteiger partial charge in [0.1, 0.15) is 0 Å². The molecular formula is C13H23N3. The lowest BCUT2D eigenvalue weighted by Gasteiger charge is -2.30. The summed E-state index contributed by atoms with van der Waals surface area (Å²) >= 11 is 0. The fourth-order valence-electron chi connectivity index (χ4n) is 2.99. The van der Waals surface area contributed by atoms with E-state index in [2.05, 4.69) is 29.7 Å². The highest BCUT2D eigenvalue weighted by Crippen LogP contribution is 2.32. The van der Waals surface area contributed by atoms with Crippen LogP contribution in [0.5, 0.6) is 0 Å². The maximum absolute atomic E-state index is 5.95. The molecule has 2 N–H and O–H groups in total. The molecule has 1 unspecified atom stereocenters. The van der Waals surface area contributed by atoms with Gasteiger partial charge >= 0.3 is 0 Å². The summed E-state index contributed by atoms with van der Waals surface area (Å²) in [6, 6.07) is 2.56. The van der Waals surface area contributed by atoms with E-state index in [0.29, 0.717) is 12.6 Å². The number of nitrogens with two attached hydrogens (primary N) is 1. The summed E-state index contributed by atoms with van der Waals surface area (Å²) in [6.45, 7) is 4.90. The summed E-state index contributed by atoms with van der Waals surface area (Å²) in [4.78, 5) is 0. The molecule has 1 heterocycles. The highest BCUT2D eigenvalue weighted by atomic mass is 15.3. The Morgan fingerprint density at radius 1 is 1.38 bits per heavy atom. The quantitative estimate of drug-likeness (QED) is 0.852. The van der Waals surface area contributed by atoms with E-state index in [9.17, 15) is 0 Å². The van der Waals surface area contributed by atoms with Crippen molar-refractivity contribution in [2.24, 2.45) is 11.7 Å². The molecule has 90 valence electrons. The Balaban J connectivity index is 2.17. The van der Waals surface area contributed by atoms with Crippen LogP contribution in [0.1, 0.15) is 49.5 Å². The van der Waals surface area contributed by atoms with Crippen LogP contribution in [0, 0.1) is 19.8 Å². The number of hydrogen-bond donors (Lipinski definition) is 1. The van der Waals surface area contributed by atoms with Gasteiger partial charge in [-0.1, -0.05) is 19.3 Å². The zero-order valence-corrected chi connectivity index (χ0v) is 10.4. The predicted octanol–water partition coefficient (Wildman–Crippen LogP) is 2.58. The van der Waals surface area contributed by atoms with Gasteiger partial charge < -0.3 is 5.73 Å². The van der Waals surface area contributed by atoms with Crippen LogP contribution in [0.4, 0.5) is 0 Å². The Morgan fingerprint density at radius 3 is 2.56 bits per heavy atom. The molecule has 1 aromatic heterocycles. The van der Waals surface area contributed by atoms with Gasteiger partial charge in [-0.2, -0.15) is 5.10 Å². The Morgan fingerprint density at radius 2 is 2.06 bits per heavy atom. The van der Waals surface area contributed by atoms with Crippen molar-refractivity contribution in [1.82, 2.24) is 9.78 Å². The summed E-state index contributed by atoms with van der Waals surface area (Å²) in [6.07, 6.45) is 6.76. The normalized spacial score (nSPS) is 19.9. The lowest BCUT2D eigenvalue weighted by Crippen LogP contribution is -2.30. The zero-order chi connectivity index (χ0) is 11.5. The second kappa shape index (κ2) is 5.00. The monoisotopic (exact) mass is 221 g/mol. The molecule has 0 aromatic carbocycles. The lowest BCUT2D eigenvalue weighted by molar-refractivity contribution is 0.237. The van der Waals surface area contributed by atoms with Crippen LogP contribution in [0.15, 0.2) is 6.07 Å². The molecule has 1 fully saturated rings. The van der Waals surface area contributed by atoms with Crippen LogP contribution in [-0.2, 0) is 0 Å². The van der Waals surface area contributed by atoms with E-state index >= 15 is 0 Å². The molecule has 0 amide bonds. The van der Waals surface area contributed by atoms with Crippen molar-refractivity contribution >= 4 is 0 Å². The van der Waals surface area contributed by atoms with Gasteiger partial charge in [0.15, 0.2) is 0 Å². The minimum Gasteiger partial charge on any atom is -0.328 e. The van der Waals surface area contributed by atoms with Gasteiger partial charge in [0.25, 0.3) is 0 Å². The third kappa shape index (κ3) is 2.29. The molecule has 1 atom stereocenters. The van der Waals surface area contributed by atoms with Crippen molar-refractivity contribution in [2.75, 3.05) is 6.54 Å². The predicted molar refractivity (Wildman–Crippen MR) is 66.4 cm³/mol. The van der Waals surface area contributed by atoms with E-state index in [4.69, 9.17) is 5.73 Å². The average Bonchev–Trinajstić information content (AvgIpc) is 2.61. The summed E-state index contributed by atoms with van der Waals surface area (Å²) in [5.41, 5.74) is 8.31. The van der Waals surface area contributed by atoms with Crippen molar-refractivity contribution in [3.8, 4) is 0 Å². The Bertz CT molecular complexity index is 337. The highest BCUT2D eigenvalue weighted by molar-refractivity contribution is 5.08. The molecule has 1 saturated carbocycles. The second-order valence-electron chi connectivity index (χ2n) is 5.07. The molecule has 0 bridgehead atoms. The van der Waals surface area contributed by atoms with Gasteiger partial charge in [-0.3, -0.25) is 4.68 Å². The first-order valence-electron chi connectivity index (χ1n) is 6.45. The fourth-order valence-corrected chi connectivity index (χ4v) is 2.99. The lowest BCUT2D eigenvalue weighted by atomic mass is 9.84. The molecule has 0 radical (unpaired) electrons. The van der Waals surface area contributed by atoms with Crippen molar-refractivity contribution in [1.29, 1.82) is 0 Å². The van der Waals surface area contributed by atoms with Crippen LogP contribution in [0.2, 0.25) is 0 Å². The largest absolute Gasteiger partial charge is 0.328 e. The molecule has 2 rings (SSSR count). The smallest absolute Gasteiger partial charge is 0.0672 e. The third-order valence-corrected chi connectivity index (χ3v) is 3.79. The van der Waals surface area contributed by atoms with Crippen LogP contribution in [0.25, 0.3) is 0 Å². The van der Waals surface area contributed by atoms with Crippen LogP contribution in [0.3, 0.4) is 0 Å². The highest BCUT2D eigenvalue weighted by Gasteiger charge is 2.25. The maximum Gasteiger partial charge on any atom is 0.0672 e. The number of aromatic nitrogens is 2. The van der Waals surface area contributed by atoms with Crippen molar-refractivity contribution in [3.63, 3.8) is 0 Å². The summed E-state index contributed by atoms with van der Waals surface area (Å²) in [5, 5.41) is 4.59. The first-order valence-corrected chi connectivity index (χ1v) is 6.45. The van der Waals surface area contributed by atoms with Crippen LogP contribution in [-0.4, -0.2) is 16.3 Å². The number of hydrogen-bond acceptors (Lipinski definition) is 2. The molecule has 0 aliphatic heterocycles. The first kappa shape index (κ1) is 11.6. The van der Waals surface area contributed by atoms with E-state index in [1.54, 1.807) is 0 Å². The fraction of sp³-hybridized carbons (Fsp3) is 0.769. The Labute approximate surface area is 98.0 Å². The van der Waals surface area contributed by atoms with Gasteiger partial charge in [0.2, 0.25) is 0 Å². The van der Waals surface area contributed by atoms with Crippen LogP contribution < -0.4 is 5.73 Å². The second-order valence-corrected chi connectivity index (χ2v) is 5.07. The van der Waals surface area contributed by atoms with Crippen molar-refractivity contribution in [3.05, 3.63) is 17.5 Å². The summed E-state index contributed by atoms with van der Waals surface area (Å²) < 4.78 is 2.16. The van der Waals surface area contributed by atoms with Crippen molar-refractivity contribution < 1.29 is 0 Å². The zero-order valence-electron chi connectivity index (χ0n) is 10.4. The van der Waals surface area contributed by atoms with Gasteiger partial charge in [0.05, 0.1) is 11.7 Å². The minimum absolute atomic E-state index is 0.411. The van der Waals surface area contributed by atoms with E-state index in [0.717, 1.165) is 11.6 Å². The van der Waals surface area contributed by atoms with Gasteiger partial charge in [-0.05, 0) is 38.7 Å². The summed E-state index contributed by atoms with van der Waals surface area (Å²) in [5.74, 6) is 0.733. The molecule has 1 aliphatic carbocycles. The van der Waals surface area contributed by atoms with Crippen molar-refractivity contribution in [2.45, 2.75) is 52.0 Å². The van der Waals surface area contributed by atoms with E-state index in [1.165, 1.54) is 37.8 Å². The molecule has 1 aliphatic rings. The van der Waals surface area contributed by atoms with E-state index < -0.39 is 0 Å². The third-order valence-electron chi connectivity index (χ3n) is 3.79. The van der Waals surface area contributed by atoms with Gasteiger partial charge in [-0.25, -0.2) is 0 Å². The molecule has 0 saturated heterocycles. The first-order chi connectivity index (χ1) is 7.72. The van der Waals surface area contributed by atoms with Gasteiger partial charge in [0, 0.05) is 12.2 Å². The van der Waals surface area contributed by atoms with E-state index in [-0.39, 0.29) is 0 Å². The van der Waals surface area contributed by atoms with Gasteiger partial charge in [-0.15, -0.1) is 0 Å². The molecular weight excluding hydrogens is 198 g/mol. The Hall–Kier alpha value is -0.830. The summed E-state index contributed by atoms with van der Waals surface area (Å²) in [7, 11) is 0.